The highest BCUT2D eigenvalue weighted by Crippen LogP contribution is 2.22. The third-order valence-electron chi connectivity index (χ3n) is 4.15. The molecule has 0 aliphatic carbocycles. The van der Waals surface area contributed by atoms with Crippen molar-refractivity contribution in [1.29, 1.82) is 0 Å². The molecule has 0 bridgehead atoms. The third-order valence-corrected chi connectivity index (χ3v) is 4.15. The summed E-state index contributed by atoms with van der Waals surface area (Å²) in [6, 6.07) is 13.3. The monoisotopic (exact) mass is 338 g/mol. The van der Waals surface area contributed by atoms with Crippen LogP contribution in [0, 0.1) is 0 Å². The van der Waals surface area contributed by atoms with Crippen LogP contribution in [-0.4, -0.2) is 29.4 Å². The van der Waals surface area contributed by atoms with Crippen molar-refractivity contribution in [2.75, 3.05) is 11.4 Å². The molecule has 1 heterocycles. The highest BCUT2D eigenvalue weighted by Gasteiger charge is 2.22. The first kappa shape index (κ1) is 16.7. The number of carbonyl (C=O) groups is 3. The average molecular weight is 338 g/mol. The molecule has 25 heavy (non-hydrogen) atoms. The normalized spacial score (nSPS) is 13.8. The Hall–Kier alpha value is -3.15. The molecule has 0 radical (unpaired) electrons. The van der Waals surface area contributed by atoms with Crippen LogP contribution in [0.1, 0.15) is 39.1 Å². The topological polar surface area (TPSA) is 86.7 Å². The van der Waals surface area contributed by atoms with Gasteiger partial charge in [-0.3, -0.25) is 9.59 Å². The lowest BCUT2D eigenvalue weighted by Crippen LogP contribution is -2.25. The molecule has 6 heteroatoms. The summed E-state index contributed by atoms with van der Waals surface area (Å²) in [5.74, 6) is -1.14. The van der Waals surface area contributed by atoms with E-state index < -0.39 is 5.97 Å². The Labute approximate surface area is 145 Å². The number of aromatic carboxylic acids is 1. The second kappa shape index (κ2) is 7.17. The summed E-state index contributed by atoms with van der Waals surface area (Å²) in [7, 11) is 0. The van der Waals surface area contributed by atoms with Crippen molar-refractivity contribution in [3.8, 4) is 0 Å². The van der Waals surface area contributed by atoms with Gasteiger partial charge in [-0.1, -0.05) is 18.2 Å². The lowest BCUT2D eigenvalue weighted by Gasteiger charge is -2.16. The van der Waals surface area contributed by atoms with Crippen LogP contribution in [0.25, 0.3) is 0 Å². The van der Waals surface area contributed by atoms with Crippen LogP contribution in [0.5, 0.6) is 0 Å². The molecule has 0 spiro atoms. The molecule has 6 nitrogen and oxygen atoms in total. The van der Waals surface area contributed by atoms with Gasteiger partial charge in [-0.2, -0.15) is 0 Å². The Morgan fingerprint density at radius 2 is 1.84 bits per heavy atom. The summed E-state index contributed by atoms with van der Waals surface area (Å²) in [5.41, 5.74) is 2.24. The van der Waals surface area contributed by atoms with Gasteiger partial charge >= 0.3 is 5.97 Å². The van der Waals surface area contributed by atoms with Crippen molar-refractivity contribution in [2.45, 2.75) is 19.4 Å². The Morgan fingerprint density at radius 3 is 2.48 bits per heavy atom. The third kappa shape index (κ3) is 3.85. The largest absolute Gasteiger partial charge is 0.478 e. The SMILES string of the molecule is O=C(O)c1ccc(CNC(=O)c2cccc(N3CCCC3=O)c2)cc1. The molecular formula is C19H18N2O4. The van der Waals surface area contributed by atoms with Gasteiger partial charge in [0.05, 0.1) is 5.56 Å². The van der Waals surface area contributed by atoms with Crippen molar-refractivity contribution in [1.82, 2.24) is 5.32 Å². The van der Waals surface area contributed by atoms with Gasteiger partial charge in [0.2, 0.25) is 5.91 Å². The Balaban J connectivity index is 1.65. The molecule has 1 aliphatic heterocycles. The molecule has 0 aromatic heterocycles. The number of rotatable bonds is 5. The first-order valence-corrected chi connectivity index (χ1v) is 8.05. The summed E-state index contributed by atoms with van der Waals surface area (Å²) in [5, 5.41) is 11.7. The zero-order valence-electron chi connectivity index (χ0n) is 13.6. The van der Waals surface area contributed by atoms with E-state index in [2.05, 4.69) is 5.32 Å². The quantitative estimate of drug-likeness (QED) is 0.877. The summed E-state index contributed by atoms with van der Waals surface area (Å²) < 4.78 is 0. The maximum absolute atomic E-state index is 12.3. The van der Waals surface area contributed by atoms with Crippen molar-refractivity contribution in [2.24, 2.45) is 0 Å². The highest BCUT2D eigenvalue weighted by atomic mass is 16.4. The zero-order valence-corrected chi connectivity index (χ0v) is 13.6. The van der Waals surface area contributed by atoms with Crippen LogP contribution in [0.2, 0.25) is 0 Å². The van der Waals surface area contributed by atoms with Crippen LogP contribution < -0.4 is 10.2 Å². The Morgan fingerprint density at radius 1 is 1.08 bits per heavy atom. The van der Waals surface area contributed by atoms with Crippen LogP contribution in [0.15, 0.2) is 48.5 Å². The van der Waals surface area contributed by atoms with Crippen molar-refractivity contribution in [3.63, 3.8) is 0 Å². The summed E-state index contributed by atoms with van der Waals surface area (Å²) in [4.78, 5) is 36.7. The number of hydrogen-bond donors (Lipinski definition) is 2. The standard InChI is InChI=1S/C19H18N2O4/c22-17-5-2-10-21(17)16-4-1-3-15(11-16)18(23)20-12-13-6-8-14(9-7-13)19(24)25/h1,3-4,6-9,11H,2,5,10,12H2,(H,20,23)(H,24,25). The van der Waals surface area contributed by atoms with Gasteiger partial charge in [-0.15, -0.1) is 0 Å². The fourth-order valence-corrected chi connectivity index (χ4v) is 2.79. The lowest BCUT2D eigenvalue weighted by molar-refractivity contribution is -0.117. The first-order valence-electron chi connectivity index (χ1n) is 8.05. The van der Waals surface area contributed by atoms with E-state index in [-0.39, 0.29) is 17.4 Å². The maximum atomic E-state index is 12.3. The van der Waals surface area contributed by atoms with E-state index >= 15 is 0 Å². The first-order chi connectivity index (χ1) is 12.0. The number of nitrogens with one attached hydrogen (secondary N) is 1. The molecule has 0 atom stereocenters. The molecule has 2 N–H and O–H groups in total. The van der Waals surface area contributed by atoms with Gasteiger partial charge in [0.1, 0.15) is 0 Å². The summed E-state index contributed by atoms with van der Waals surface area (Å²) in [6.45, 7) is 0.978. The van der Waals surface area contributed by atoms with E-state index in [1.165, 1.54) is 12.1 Å². The van der Waals surface area contributed by atoms with Crippen molar-refractivity contribution >= 4 is 23.5 Å². The Bertz CT molecular complexity index is 814. The number of carboxylic acids is 1. The number of amides is 2. The number of benzene rings is 2. The van der Waals surface area contributed by atoms with Crippen molar-refractivity contribution < 1.29 is 19.5 Å². The van der Waals surface area contributed by atoms with Gasteiger partial charge in [0.15, 0.2) is 0 Å². The average Bonchev–Trinajstić information content (AvgIpc) is 3.06. The number of hydrogen-bond acceptors (Lipinski definition) is 3. The summed E-state index contributed by atoms with van der Waals surface area (Å²) >= 11 is 0. The lowest BCUT2D eigenvalue weighted by atomic mass is 10.1. The van der Waals surface area contributed by atoms with Crippen molar-refractivity contribution in [3.05, 3.63) is 65.2 Å². The minimum Gasteiger partial charge on any atom is -0.478 e. The minimum absolute atomic E-state index is 0.0797. The molecule has 128 valence electrons. The maximum Gasteiger partial charge on any atom is 0.335 e. The molecule has 1 saturated heterocycles. The van der Waals surface area contributed by atoms with E-state index in [1.807, 2.05) is 6.07 Å². The molecule has 0 unspecified atom stereocenters. The molecule has 1 fully saturated rings. The smallest absolute Gasteiger partial charge is 0.335 e. The zero-order chi connectivity index (χ0) is 17.8. The van der Waals surface area contributed by atoms with E-state index in [0.717, 1.165) is 17.7 Å². The number of carbonyl (C=O) groups excluding carboxylic acids is 2. The Kier molecular flexibility index (Phi) is 4.79. The van der Waals surface area contributed by atoms with E-state index in [0.29, 0.717) is 25.1 Å². The second-order valence-electron chi connectivity index (χ2n) is 5.88. The van der Waals surface area contributed by atoms with Crippen LogP contribution in [0.3, 0.4) is 0 Å². The molecule has 2 aromatic rings. The number of anilines is 1. The van der Waals surface area contributed by atoms with Crippen LogP contribution in [0.4, 0.5) is 5.69 Å². The second-order valence-corrected chi connectivity index (χ2v) is 5.88. The number of nitrogens with zero attached hydrogens (tertiary/aromatic N) is 1. The van der Waals surface area contributed by atoms with Gasteiger partial charge in [0.25, 0.3) is 5.91 Å². The highest BCUT2D eigenvalue weighted by molar-refractivity contribution is 5.99. The predicted octanol–water partition coefficient (Wildman–Crippen LogP) is 2.44. The molecule has 0 saturated carbocycles. The molecule has 2 aromatic carbocycles. The fraction of sp³-hybridized carbons (Fsp3) is 0.211. The molecule has 3 rings (SSSR count). The molecule has 1 aliphatic rings. The van der Waals surface area contributed by atoms with Gasteiger partial charge in [0, 0.05) is 30.8 Å². The van der Waals surface area contributed by atoms with Gasteiger partial charge in [-0.25, -0.2) is 4.79 Å². The van der Waals surface area contributed by atoms with Crippen LogP contribution >= 0.6 is 0 Å². The summed E-state index contributed by atoms with van der Waals surface area (Å²) in [6.07, 6.45) is 1.38. The van der Waals surface area contributed by atoms with Crippen LogP contribution in [-0.2, 0) is 11.3 Å². The van der Waals surface area contributed by atoms with Gasteiger partial charge in [-0.05, 0) is 42.3 Å². The van der Waals surface area contributed by atoms with Gasteiger partial charge < -0.3 is 15.3 Å². The van der Waals surface area contributed by atoms with E-state index in [4.69, 9.17) is 5.11 Å². The van der Waals surface area contributed by atoms with E-state index in [9.17, 15) is 14.4 Å². The van der Waals surface area contributed by atoms with E-state index in [1.54, 1.807) is 35.2 Å². The number of carboxylic acid groups (broad SMARTS) is 1. The fourth-order valence-electron chi connectivity index (χ4n) is 2.79. The molecule has 2 amide bonds. The predicted molar refractivity (Wildman–Crippen MR) is 92.6 cm³/mol. The molecular weight excluding hydrogens is 320 g/mol. The minimum atomic E-state index is -0.983.